The van der Waals surface area contributed by atoms with Crippen molar-refractivity contribution in [2.45, 2.75) is 25.8 Å². The first-order valence-corrected chi connectivity index (χ1v) is 9.19. The standard InChI is InChI=1S/C22H21NO7/c1-12-16-8-7-15(29-2)10-19(16)30-22(28)17(12)11-20(25)23-18(21(26)27)9-13-3-5-14(24)6-4-13/h3-8,10,18,24H,9,11H2,1-2H3,(H,23,25)(H,26,27)/t18-/m1/s1. The highest BCUT2D eigenvalue weighted by molar-refractivity contribution is 5.87. The Hall–Kier alpha value is -3.81. The molecule has 0 unspecified atom stereocenters. The predicted octanol–water partition coefficient (Wildman–Crippen LogP) is 2.17. The second-order valence-electron chi connectivity index (χ2n) is 6.86. The van der Waals surface area contributed by atoms with Gasteiger partial charge in [0, 0.05) is 17.9 Å². The summed E-state index contributed by atoms with van der Waals surface area (Å²) >= 11 is 0. The summed E-state index contributed by atoms with van der Waals surface area (Å²) in [5, 5.41) is 21.9. The lowest BCUT2D eigenvalue weighted by Gasteiger charge is -2.15. The lowest BCUT2D eigenvalue weighted by molar-refractivity contribution is -0.141. The van der Waals surface area contributed by atoms with E-state index in [0.717, 1.165) is 0 Å². The Bertz CT molecular complexity index is 1150. The monoisotopic (exact) mass is 411 g/mol. The number of carbonyl (C=O) groups is 2. The van der Waals surface area contributed by atoms with Gasteiger partial charge in [0.05, 0.1) is 19.1 Å². The first kappa shape index (κ1) is 20.9. The van der Waals surface area contributed by atoms with Crippen LogP contribution in [-0.4, -0.2) is 35.2 Å². The van der Waals surface area contributed by atoms with Gasteiger partial charge in [-0.2, -0.15) is 0 Å². The van der Waals surface area contributed by atoms with E-state index >= 15 is 0 Å². The van der Waals surface area contributed by atoms with Crippen LogP contribution in [0.25, 0.3) is 11.0 Å². The van der Waals surface area contributed by atoms with Gasteiger partial charge < -0.3 is 24.7 Å². The van der Waals surface area contributed by atoms with E-state index in [1.54, 1.807) is 37.3 Å². The van der Waals surface area contributed by atoms with E-state index < -0.39 is 23.5 Å². The van der Waals surface area contributed by atoms with E-state index in [4.69, 9.17) is 9.15 Å². The topological polar surface area (TPSA) is 126 Å². The van der Waals surface area contributed by atoms with Gasteiger partial charge in [0.1, 0.15) is 23.1 Å². The van der Waals surface area contributed by atoms with Crippen molar-refractivity contribution in [3.05, 3.63) is 69.6 Å². The van der Waals surface area contributed by atoms with Crippen molar-refractivity contribution in [2.75, 3.05) is 7.11 Å². The summed E-state index contributed by atoms with van der Waals surface area (Å²) in [6.45, 7) is 1.71. The third kappa shape index (κ3) is 4.60. The number of aliphatic carboxylic acids is 1. The molecular weight excluding hydrogens is 390 g/mol. The number of methoxy groups -OCH3 is 1. The average Bonchev–Trinajstić information content (AvgIpc) is 2.71. The zero-order valence-electron chi connectivity index (χ0n) is 16.5. The fourth-order valence-electron chi connectivity index (χ4n) is 3.18. The number of phenolic OH excluding ortho intramolecular Hbond substituents is 1. The van der Waals surface area contributed by atoms with Gasteiger partial charge in [-0.05, 0) is 42.3 Å². The number of hydrogen-bond acceptors (Lipinski definition) is 6. The number of carboxylic acid groups (broad SMARTS) is 1. The van der Waals surface area contributed by atoms with E-state index in [9.17, 15) is 24.6 Å². The van der Waals surface area contributed by atoms with E-state index in [1.165, 1.54) is 19.2 Å². The Balaban J connectivity index is 1.80. The molecule has 0 bridgehead atoms. The number of hydrogen-bond donors (Lipinski definition) is 3. The van der Waals surface area contributed by atoms with Gasteiger partial charge in [-0.25, -0.2) is 9.59 Å². The van der Waals surface area contributed by atoms with Crippen LogP contribution in [0.3, 0.4) is 0 Å². The number of aromatic hydroxyl groups is 1. The number of carbonyl (C=O) groups excluding carboxylic acids is 1. The molecule has 0 saturated heterocycles. The molecule has 1 atom stereocenters. The van der Waals surface area contributed by atoms with Crippen molar-refractivity contribution in [1.29, 1.82) is 0 Å². The molecule has 0 fully saturated rings. The van der Waals surface area contributed by atoms with Gasteiger partial charge in [-0.1, -0.05) is 12.1 Å². The molecule has 156 valence electrons. The van der Waals surface area contributed by atoms with Crippen LogP contribution in [-0.2, 0) is 22.4 Å². The largest absolute Gasteiger partial charge is 0.508 e. The molecule has 3 aromatic rings. The quantitative estimate of drug-likeness (QED) is 0.509. The van der Waals surface area contributed by atoms with Gasteiger partial charge >= 0.3 is 11.6 Å². The minimum atomic E-state index is -1.20. The molecule has 0 aliphatic carbocycles. The lowest BCUT2D eigenvalue weighted by Crippen LogP contribution is -2.43. The summed E-state index contributed by atoms with van der Waals surface area (Å²) in [5.41, 5.74) is 1.07. The number of phenols is 1. The van der Waals surface area contributed by atoms with Crippen LogP contribution in [0, 0.1) is 6.92 Å². The van der Waals surface area contributed by atoms with Crippen LogP contribution in [0.5, 0.6) is 11.5 Å². The molecule has 2 aromatic carbocycles. The summed E-state index contributed by atoms with van der Waals surface area (Å²) in [7, 11) is 1.50. The SMILES string of the molecule is COc1ccc2c(C)c(CC(=O)N[C@H](Cc3ccc(O)cc3)C(=O)O)c(=O)oc2c1. The highest BCUT2D eigenvalue weighted by atomic mass is 16.5. The number of amides is 1. The minimum absolute atomic E-state index is 0.0342. The summed E-state index contributed by atoms with van der Waals surface area (Å²) in [6.07, 6.45) is -0.276. The van der Waals surface area contributed by atoms with Crippen LogP contribution in [0.2, 0.25) is 0 Å². The second-order valence-corrected chi connectivity index (χ2v) is 6.86. The van der Waals surface area contributed by atoms with Crippen molar-refractivity contribution < 1.29 is 29.0 Å². The van der Waals surface area contributed by atoms with Gasteiger partial charge in [-0.15, -0.1) is 0 Å². The number of nitrogens with one attached hydrogen (secondary N) is 1. The first-order valence-electron chi connectivity index (χ1n) is 9.19. The summed E-state index contributed by atoms with van der Waals surface area (Å²) < 4.78 is 10.4. The number of ether oxygens (including phenoxy) is 1. The van der Waals surface area contributed by atoms with Crippen LogP contribution in [0.15, 0.2) is 51.7 Å². The summed E-state index contributed by atoms with van der Waals surface area (Å²) in [6, 6.07) is 9.89. The Kier molecular flexibility index (Phi) is 6.06. The molecule has 3 N–H and O–H groups in total. The lowest BCUT2D eigenvalue weighted by atomic mass is 10.0. The normalized spacial score (nSPS) is 11.8. The van der Waals surface area contributed by atoms with Crippen molar-refractivity contribution in [3.63, 3.8) is 0 Å². The van der Waals surface area contributed by atoms with Crippen molar-refractivity contribution in [2.24, 2.45) is 0 Å². The molecule has 8 nitrogen and oxygen atoms in total. The van der Waals surface area contributed by atoms with E-state index in [-0.39, 0.29) is 24.2 Å². The summed E-state index contributed by atoms with van der Waals surface area (Å²) in [4.78, 5) is 36.5. The first-order chi connectivity index (χ1) is 14.3. The molecule has 1 heterocycles. The molecule has 1 aromatic heterocycles. The zero-order chi connectivity index (χ0) is 21.8. The number of fused-ring (bicyclic) bond motifs is 1. The molecule has 1 amide bonds. The molecule has 0 spiro atoms. The molecule has 0 saturated carbocycles. The molecule has 30 heavy (non-hydrogen) atoms. The molecule has 3 rings (SSSR count). The zero-order valence-corrected chi connectivity index (χ0v) is 16.5. The van der Waals surface area contributed by atoms with Gasteiger partial charge in [0.2, 0.25) is 5.91 Å². The number of carboxylic acids is 1. The van der Waals surface area contributed by atoms with Gasteiger partial charge in [-0.3, -0.25) is 4.79 Å². The van der Waals surface area contributed by atoms with Gasteiger partial charge in [0.25, 0.3) is 0 Å². The Morgan fingerprint density at radius 3 is 2.50 bits per heavy atom. The third-order valence-corrected chi connectivity index (χ3v) is 4.84. The van der Waals surface area contributed by atoms with Crippen LogP contribution in [0.4, 0.5) is 0 Å². The van der Waals surface area contributed by atoms with Gasteiger partial charge in [0.15, 0.2) is 0 Å². The molecular formula is C22H21NO7. The van der Waals surface area contributed by atoms with E-state index in [2.05, 4.69) is 5.32 Å². The predicted molar refractivity (Wildman–Crippen MR) is 109 cm³/mol. The molecule has 0 aliphatic heterocycles. The highest BCUT2D eigenvalue weighted by Crippen LogP contribution is 2.24. The fourth-order valence-corrected chi connectivity index (χ4v) is 3.18. The maximum atomic E-state index is 12.5. The fraction of sp³-hybridized carbons (Fsp3) is 0.227. The highest BCUT2D eigenvalue weighted by Gasteiger charge is 2.22. The van der Waals surface area contributed by atoms with E-state index in [1.807, 2.05) is 0 Å². The Morgan fingerprint density at radius 1 is 1.17 bits per heavy atom. The Morgan fingerprint density at radius 2 is 1.87 bits per heavy atom. The minimum Gasteiger partial charge on any atom is -0.508 e. The maximum Gasteiger partial charge on any atom is 0.340 e. The third-order valence-electron chi connectivity index (χ3n) is 4.84. The van der Waals surface area contributed by atoms with E-state index in [0.29, 0.717) is 27.8 Å². The number of aryl methyl sites for hydroxylation is 1. The Labute approximate surface area is 171 Å². The van der Waals surface area contributed by atoms with Crippen molar-refractivity contribution in [1.82, 2.24) is 5.32 Å². The van der Waals surface area contributed by atoms with Crippen LogP contribution >= 0.6 is 0 Å². The van der Waals surface area contributed by atoms with Crippen LogP contribution < -0.4 is 15.7 Å². The molecule has 0 radical (unpaired) electrons. The van der Waals surface area contributed by atoms with Crippen molar-refractivity contribution in [3.8, 4) is 11.5 Å². The second kappa shape index (κ2) is 8.69. The average molecular weight is 411 g/mol. The molecule has 0 aliphatic rings. The maximum absolute atomic E-state index is 12.5. The van der Waals surface area contributed by atoms with Crippen molar-refractivity contribution >= 4 is 22.8 Å². The smallest absolute Gasteiger partial charge is 0.340 e. The summed E-state index contributed by atoms with van der Waals surface area (Å²) in [5.74, 6) is -1.21. The number of benzene rings is 2. The van der Waals surface area contributed by atoms with Crippen LogP contribution in [0.1, 0.15) is 16.7 Å². The molecule has 8 heteroatoms. The number of rotatable bonds is 7.